The third kappa shape index (κ3) is 3.02. The molecule has 2 fully saturated rings. The first-order valence-corrected chi connectivity index (χ1v) is 7.66. The smallest absolute Gasteiger partial charge is 0.255 e. The van der Waals surface area contributed by atoms with Crippen LogP contribution in [0.3, 0.4) is 0 Å². The molecule has 0 saturated carbocycles. The van der Waals surface area contributed by atoms with Crippen LogP contribution in [0.25, 0.3) is 0 Å². The number of halogens is 1. The Kier molecular flexibility index (Phi) is 4.33. The van der Waals surface area contributed by atoms with Crippen LogP contribution in [-0.2, 0) is 9.47 Å². The van der Waals surface area contributed by atoms with Crippen molar-refractivity contribution in [2.45, 2.75) is 19.1 Å². The third-order valence-electron chi connectivity index (χ3n) is 3.81. The van der Waals surface area contributed by atoms with Crippen molar-refractivity contribution in [1.82, 2.24) is 9.88 Å². The van der Waals surface area contributed by atoms with Gasteiger partial charge in [-0.15, -0.1) is 0 Å². The van der Waals surface area contributed by atoms with Crippen molar-refractivity contribution in [2.24, 2.45) is 5.92 Å². The summed E-state index contributed by atoms with van der Waals surface area (Å²) in [5.74, 6) is 0.452. The van der Waals surface area contributed by atoms with Gasteiger partial charge < -0.3 is 14.4 Å². The van der Waals surface area contributed by atoms with Crippen LogP contribution in [-0.4, -0.2) is 48.4 Å². The van der Waals surface area contributed by atoms with Gasteiger partial charge in [0.25, 0.3) is 5.91 Å². The number of likely N-dealkylation sites (tertiary alicyclic amines) is 1. The number of ether oxygens (including phenoxy) is 2. The Labute approximate surface area is 126 Å². The van der Waals surface area contributed by atoms with Crippen LogP contribution in [0.2, 0.25) is 0 Å². The molecule has 0 radical (unpaired) electrons. The highest BCUT2D eigenvalue weighted by atomic mass is 79.9. The molecule has 3 heterocycles. The van der Waals surface area contributed by atoms with E-state index in [1.54, 1.807) is 12.4 Å². The van der Waals surface area contributed by atoms with E-state index in [1.165, 1.54) is 0 Å². The van der Waals surface area contributed by atoms with Gasteiger partial charge in [-0.05, 0) is 34.8 Å². The predicted octanol–water partition coefficient (Wildman–Crippen LogP) is 2.07. The lowest BCUT2D eigenvalue weighted by molar-refractivity contribution is -0.0956. The van der Waals surface area contributed by atoms with E-state index in [0.717, 1.165) is 30.4 Å². The summed E-state index contributed by atoms with van der Waals surface area (Å²) in [6.45, 7) is 2.87. The molecule has 1 amide bonds. The van der Waals surface area contributed by atoms with Gasteiger partial charge in [-0.1, -0.05) is 0 Å². The molecular weight excluding hydrogens is 324 g/mol. The first-order chi connectivity index (χ1) is 9.74. The maximum atomic E-state index is 12.4. The number of carbonyl (C=O) groups excluding carboxylic acids is 1. The molecule has 20 heavy (non-hydrogen) atoms. The average molecular weight is 341 g/mol. The fraction of sp³-hybridized carbons (Fsp3) is 0.571. The summed E-state index contributed by atoms with van der Waals surface area (Å²) >= 11 is 3.34. The third-order valence-corrected chi connectivity index (χ3v) is 4.24. The number of pyridine rings is 1. The van der Waals surface area contributed by atoms with Crippen LogP contribution >= 0.6 is 15.9 Å². The lowest BCUT2D eigenvalue weighted by atomic mass is 9.96. The second-order valence-corrected chi connectivity index (χ2v) is 6.05. The molecule has 0 N–H and O–H groups in total. The molecule has 0 aliphatic carbocycles. The highest BCUT2D eigenvalue weighted by molar-refractivity contribution is 9.10. The van der Waals surface area contributed by atoms with Gasteiger partial charge in [-0.2, -0.15) is 0 Å². The average Bonchev–Trinajstić information content (AvgIpc) is 3.01. The molecule has 1 aromatic heterocycles. The van der Waals surface area contributed by atoms with Crippen molar-refractivity contribution >= 4 is 21.8 Å². The molecule has 3 rings (SSSR count). The molecular formula is C14H17BrN2O3. The Morgan fingerprint density at radius 2 is 1.95 bits per heavy atom. The molecule has 0 unspecified atom stereocenters. The number of rotatable bonds is 2. The summed E-state index contributed by atoms with van der Waals surface area (Å²) in [5, 5.41) is 0. The zero-order valence-electron chi connectivity index (χ0n) is 11.1. The standard InChI is InChI=1S/C14H17BrN2O3/c15-12-7-11(8-16-9-12)13(18)17-3-1-10(2-4-17)14-19-5-6-20-14/h7-10,14H,1-6H2. The summed E-state index contributed by atoms with van der Waals surface area (Å²) in [4.78, 5) is 18.3. The molecule has 6 heteroatoms. The van der Waals surface area contributed by atoms with Gasteiger partial charge in [0.05, 0.1) is 18.8 Å². The monoisotopic (exact) mass is 340 g/mol. The Hall–Kier alpha value is -0.980. The predicted molar refractivity (Wildman–Crippen MR) is 76.3 cm³/mol. The van der Waals surface area contributed by atoms with E-state index >= 15 is 0 Å². The Balaban J connectivity index is 1.58. The van der Waals surface area contributed by atoms with Crippen molar-refractivity contribution in [2.75, 3.05) is 26.3 Å². The second-order valence-electron chi connectivity index (χ2n) is 5.13. The van der Waals surface area contributed by atoms with Gasteiger partial charge >= 0.3 is 0 Å². The van der Waals surface area contributed by atoms with E-state index in [0.29, 0.717) is 24.7 Å². The van der Waals surface area contributed by atoms with E-state index in [-0.39, 0.29) is 12.2 Å². The molecule has 0 bridgehead atoms. The molecule has 0 aromatic carbocycles. The van der Waals surface area contributed by atoms with Gasteiger partial charge in [-0.3, -0.25) is 9.78 Å². The van der Waals surface area contributed by atoms with Crippen molar-refractivity contribution in [3.05, 3.63) is 28.5 Å². The normalized spacial score (nSPS) is 21.4. The van der Waals surface area contributed by atoms with Crippen LogP contribution in [0.1, 0.15) is 23.2 Å². The van der Waals surface area contributed by atoms with E-state index in [1.807, 2.05) is 11.0 Å². The van der Waals surface area contributed by atoms with Crippen molar-refractivity contribution < 1.29 is 14.3 Å². The van der Waals surface area contributed by atoms with E-state index in [2.05, 4.69) is 20.9 Å². The van der Waals surface area contributed by atoms with Crippen LogP contribution in [0.5, 0.6) is 0 Å². The first kappa shape index (κ1) is 14.0. The quantitative estimate of drug-likeness (QED) is 0.826. The number of amides is 1. The highest BCUT2D eigenvalue weighted by Crippen LogP contribution is 2.26. The number of hydrogen-bond donors (Lipinski definition) is 0. The number of piperidine rings is 1. The van der Waals surface area contributed by atoms with Gasteiger partial charge in [0, 0.05) is 35.9 Å². The van der Waals surface area contributed by atoms with Crippen molar-refractivity contribution in [3.63, 3.8) is 0 Å². The van der Waals surface area contributed by atoms with Gasteiger partial charge in [0.1, 0.15) is 0 Å². The number of nitrogens with zero attached hydrogens (tertiary/aromatic N) is 2. The minimum Gasteiger partial charge on any atom is -0.350 e. The van der Waals surface area contributed by atoms with Crippen LogP contribution in [0.4, 0.5) is 0 Å². The van der Waals surface area contributed by atoms with Crippen molar-refractivity contribution in [1.29, 1.82) is 0 Å². The number of carbonyl (C=O) groups is 1. The second kappa shape index (κ2) is 6.20. The maximum absolute atomic E-state index is 12.4. The molecule has 5 nitrogen and oxygen atoms in total. The summed E-state index contributed by atoms with van der Waals surface area (Å²) in [5.41, 5.74) is 0.631. The summed E-state index contributed by atoms with van der Waals surface area (Å²) in [6, 6.07) is 1.81. The van der Waals surface area contributed by atoms with Crippen LogP contribution in [0.15, 0.2) is 22.9 Å². The van der Waals surface area contributed by atoms with Gasteiger partial charge in [-0.25, -0.2) is 0 Å². The van der Waals surface area contributed by atoms with Crippen molar-refractivity contribution in [3.8, 4) is 0 Å². The molecule has 2 saturated heterocycles. The Morgan fingerprint density at radius 1 is 1.25 bits per heavy atom. The minimum atomic E-state index is -0.0696. The fourth-order valence-electron chi connectivity index (χ4n) is 2.73. The molecule has 2 aliphatic rings. The van der Waals surface area contributed by atoms with Gasteiger partial charge in [0.15, 0.2) is 6.29 Å². The Bertz CT molecular complexity index is 483. The van der Waals surface area contributed by atoms with Gasteiger partial charge in [0.2, 0.25) is 0 Å². The topological polar surface area (TPSA) is 51.7 Å². The highest BCUT2D eigenvalue weighted by Gasteiger charge is 2.32. The molecule has 0 spiro atoms. The largest absolute Gasteiger partial charge is 0.350 e. The molecule has 1 aromatic rings. The number of hydrogen-bond acceptors (Lipinski definition) is 4. The summed E-state index contributed by atoms with van der Waals surface area (Å²) < 4.78 is 11.9. The fourth-order valence-corrected chi connectivity index (χ4v) is 3.10. The SMILES string of the molecule is O=C(c1cncc(Br)c1)N1CCC(C2OCCO2)CC1. The molecule has 0 atom stereocenters. The van der Waals surface area contributed by atoms with Crippen LogP contribution < -0.4 is 0 Å². The molecule has 108 valence electrons. The maximum Gasteiger partial charge on any atom is 0.255 e. The zero-order chi connectivity index (χ0) is 13.9. The van der Waals surface area contributed by atoms with E-state index in [9.17, 15) is 4.79 Å². The zero-order valence-corrected chi connectivity index (χ0v) is 12.7. The first-order valence-electron chi connectivity index (χ1n) is 6.87. The Morgan fingerprint density at radius 3 is 2.60 bits per heavy atom. The summed E-state index contributed by atoms with van der Waals surface area (Å²) in [6.07, 6.45) is 5.08. The minimum absolute atomic E-state index is 0.0468. The number of aromatic nitrogens is 1. The summed E-state index contributed by atoms with van der Waals surface area (Å²) in [7, 11) is 0. The van der Waals surface area contributed by atoms with E-state index in [4.69, 9.17) is 9.47 Å². The molecule has 2 aliphatic heterocycles. The lowest BCUT2D eigenvalue weighted by Gasteiger charge is -2.33. The lowest BCUT2D eigenvalue weighted by Crippen LogP contribution is -2.41. The van der Waals surface area contributed by atoms with Crippen LogP contribution in [0, 0.1) is 5.92 Å². The van der Waals surface area contributed by atoms with E-state index < -0.39 is 0 Å².